The van der Waals surface area contributed by atoms with E-state index in [9.17, 15) is 9.59 Å². The topological polar surface area (TPSA) is 87.7 Å². The Morgan fingerprint density at radius 3 is 2.60 bits per heavy atom. The lowest BCUT2D eigenvalue weighted by Crippen LogP contribution is -2.28. The smallest absolute Gasteiger partial charge is 0.339 e. The number of hydrogen-bond donors (Lipinski definition) is 3. The van der Waals surface area contributed by atoms with Crippen molar-refractivity contribution >= 4 is 29.2 Å². The highest BCUT2D eigenvalue weighted by Gasteiger charge is 2.18. The SMILES string of the molecule is CNCC(C)C(=O)Nc1cc(OC)c(C(=O)O)cc1Cl. The van der Waals surface area contributed by atoms with E-state index < -0.39 is 5.97 Å². The van der Waals surface area contributed by atoms with Gasteiger partial charge in [0.25, 0.3) is 0 Å². The van der Waals surface area contributed by atoms with Crippen molar-refractivity contribution in [2.24, 2.45) is 5.92 Å². The van der Waals surface area contributed by atoms with Gasteiger partial charge in [0.1, 0.15) is 11.3 Å². The number of hydrogen-bond acceptors (Lipinski definition) is 4. The van der Waals surface area contributed by atoms with Crippen molar-refractivity contribution in [2.45, 2.75) is 6.92 Å². The van der Waals surface area contributed by atoms with Crippen molar-refractivity contribution in [3.63, 3.8) is 0 Å². The average Bonchev–Trinajstić information content (AvgIpc) is 2.40. The standard InChI is InChI=1S/C13H17ClN2O4/c1-7(6-15-2)12(17)16-10-5-11(20-3)8(13(18)19)4-9(10)14/h4-5,7,15H,6H2,1-3H3,(H,16,17)(H,18,19). The highest BCUT2D eigenvalue weighted by Crippen LogP contribution is 2.31. The van der Waals surface area contributed by atoms with Crippen molar-refractivity contribution in [3.05, 3.63) is 22.7 Å². The Morgan fingerprint density at radius 1 is 1.45 bits per heavy atom. The highest BCUT2D eigenvalue weighted by atomic mass is 35.5. The summed E-state index contributed by atoms with van der Waals surface area (Å²) in [6, 6.07) is 2.65. The first-order valence-electron chi connectivity index (χ1n) is 5.97. The van der Waals surface area contributed by atoms with Gasteiger partial charge in [-0.1, -0.05) is 18.5 Å². The summed E-state index contributed by atoms with van der Waals surface area (Å²) in [7, 11) is 3.10. The van der Waals surface area contributed by atoms with E-state index in [1.165, 1.54) is 19.2 Å². The van der Waals surface area contributed by atoms with Gasteiger partial charge in [-0.15, -0.1) is 0 Å². The van der Waals surface area contributed by atoms with Crippen LogP contribution in [0.1, 0.15) is 17.3 Å². The molecule has 20 heavy (non-hydrogen) atoms. The maximum absolute atomic E-state index is 11.9. The van der Waals surface area contributed by atoms with Gasteiger partial charge in [-0.2, -0.15) is 0 Å². The van der Waals surface area contributed by atoms with E-state index in [0.29, 0.717) is 12.2 Å². The zero-order chi connectivity index (χ0) is 15.3. The lowest BCUT2D eigenvalue weighted by atomic mass is 10.1. The molecule has 0 aromatic heterocycles. The molecule has 0 radical (unpaired) electrons. The number of methoxy groups -OCH3 is 1. The van der Waals surface area contributed by atoms with Crippen molar-refractivity contribution in [1.29, 1.82) is 0 Å². The second-order valence-corrected chi connectivity index (χ2v) is 4.69. The molecule has 0 fully saturated rings. The summed E-state index contributed by atoms with van der Waals surface area (Å²) in [5.74, 6) is -1.48. The monoisotopic (exact) mass is 300 g/mol. The molecule has 0 saturated heterocycles. The van der Waals surface area contributed by atoms with Crippen LogP contribution in [-0.2, 0) is 4.79 Å². The molecule has 0 bridgehead atoms. The van der Waals surface area contributed by atoms with Gasteiger partial charge in [0.2, 0.25) is 5.91 Å². The van der Waals surface area contributed by atoms with Crippen LogP contribution >= 0.6 is 11.6 Å². The molecule has 0 aliphatic carbocycles. The molecule has 1 rings (SSSR count). The van der Waals surface area contributed by atoms with Crippen LogP contribution in [0.15, 0.2) is 12.1 Å². The number of ether oxygens (including phenoxy) is 1. The minimum absolute atomic E-state index is 0.0567. The number of amides is 1. The van der Waals surface area contributed by atoms with Crippen molar-refractivity contribution < 1.29 is 19.4 Å². The predicted octanol–water partition coefficient (Wildman–Crippen LogP) is 1.84. The first-order valence-corrected chi connectivity index (χ1v) is 6.34. The van der Waals surface area contributed by atoms with Crippen LogP contribution in [0.25, 0.3) is 0 Å². The third-order valence-electron chi connectivity index (χ3n) is 2.74. The molecule has 1 aromatic rings. The molecule has 7 heteroatoms. The van der Waals surface area contributed by atoms with Crippen LogP contribution < -0.4 is 15.4 Å². The third-order valence-corrected chi connectivity index (χ3v) is 3.05. The molecule has 0 heterocycles. The predicted molar refractivity (Wildman–Crippen MR) is 76.7 cm³/mol. The molecular weight excluding hydrogens is 284 g/mol. The Labute approximate surface area is 122 Å². The molecule has 0 aliphatic heterocycles. The quantitative estimate of drug-likeness (QED) is 0.746. The van der Waals surface area contributed by atoms with E-state index in [4.69, 9.17) is 21.4 Å². The zero-order valence-electron chi connectivity index (χ0n) is 11.5. The summed E-state index contributed by atoms with van der Waals surface area (Å²) < 4.78 is 4.99. The fraction of sp³-hybridized carbons (Fsp3) is 0.385. The van der Waals surface area contributed by atoms with E-state index in [1.807, 2.05) is 0 Å². The zero-order valence-corrected chi connectivity index (χ0v) is 12.2. The maximum Gasteiger partial charge on any atom is 0.339 e. The molecule has 3 N–H and O–H groups in total. The van der Waals surface area contributed by atoms with Gasteiger partial charge in [0, 0.05) is 18.5 Å². The van der Waals surface area contributed by atoms with Gasteiger partial charge in [0.15, 0.2) is 0 Å². The van der Waals surface area contributed by atoms with E-state index in [0.717, 1.165) is 0 Å². The second-order valence-electron chi connectivity index (χ2n) is 4.29. The summed E-state index contributed by atoms with van der Waals surface area (Å²) in [4.78, 5) is 22.9. The molecule has 0 spiro atoms. The Bertz CT molecular complexity index is 519. The van der Waals surface area contributed by atoms with Crippen LogP contribution in [0.4, 0.5) is 5.69 Å². The number of carboxylic acid groups (broad SMARTS) is 1. The highest BCUT2D eigenvalue weighted by molar-refractivity contribution is 6.34. The third kappa shape index (κ3) is 3.85. The van der Waals surface area contributed by atoms with Gasteiger partial charge in [-0.25, -0.2) is 4.79 Å². The van der Waals surface area contributed by atoms with Crippen molar-refractivity contribution in [3.8, 4) is 5.75 Å². The van der Waals surface area contributed by atoms with Crippen molar-refractivity contribution in [2.75, 3.05) is 26.0 Å². The van der Waals surface area contributed by atoms with Gasteiger partial charge >= 0.3 is 5.97 Å². The Kier molecular flexibility index (Phi) is 5.79. The summed E-state index contributed by atoms with van der Waals surface area (Å²) in [5.41, 5.74) is 0.264. The first-order chi connectivity index (χ1) is 9.40. The Balaban J connectivity index is 3.02. The number of carbonyl (C=O) groups is 2. The number of halogens is 1. The minimum Gasteiger partial charge on any atom is -0.496 e. The minimum atomic E-state index is -1.15. The summed E-state index contributed by atoms with van der Waals surface area (Å²) >= 11 is 5.98. The van der Waals surface area contributed by atoms with E-state index in [-0.39, 0.29) is 28.2 Å². The number of carboxylic acids is 1. The summed E-state index contributed by atoms with van der Waals surface area (Å²) in [5, 5.41) is 14.7. The number of carbonyl (C=O) groups excluding carboxylic acids is 1. The molecule has 110 valence electrons. The molecule has 1 aromatic carbocycles. The Morgan fingerprint density at radius 2 is 2.10 bits per heavy atom. The molecule has 1 unspecified atom stereocenters. The summed E-state index contributed by atoms with van der Waals surface area (Å²) in [6.45, 7) is 2.29. The van der Waals surface area contributed by atoms with E-state index >= 15 is 0 Å². The first kappa shape index (κ1) is 16.3. The Hall–Kier alpha value is -1.79. The molecule has 0 saturated carbocycles. The van der Waals surface area contributed by atoms with Gasteiger partial charge in [-0.3, -0.25) is 4.79 Å². The number of aromatic carboxylic acids is 1. The second kappa shape index (κ2) is 7.12. The number of benzene rings is 1. The van der Waals surface area contributed by atoms with Crippen LogP contribution in [0.2, 0.25) is 5.02 Å². The number of nitrogens with one attached hydrogen (secondary N) is 2. The normalized spacial score (nSPS) is 11.8. The molecule has 6 nitrogen and oxygen atoms in total. The number of rotatable bonds is 6. The van der Waals surface area contributed by atoms with Gasteiger partial charge in [-0.05, 0) is 13.1 Å². The van der Waals surface area contributed by atoms with Gasteiger partial charge < -0.3 is 20.5 Å². The maximum atomic E-state index is 11.9. The van der Waals surface area contributed by atoms with E-state index in [2.05, 4.69) is 10.6 Å². The molecule has 0 aliphatic rings. The molecular formula is C13H17ClN2O4. The van der Waals surface area contributed by atoms with Crippen LogP contribution in [-0.4, -0.2) is 37.7 Å². The van der Waals surface area contributed by atoms with Gasteiger partial charge in [0.05, 0.1) is 17.8 Å². The fourth-order valence-electron chi connectivity index (χ4n) is 1.64. The lowest BCUT2D eigenvalue weighted by Gasteiger charge is -2.14. The molecule has 1 atom stereocenters. The number of anilines is 1. The summed E-state index contributed by atoms with van der Waals surface area (Å²) in [6.07, 6.45) is 0. The van der Waals surface area contributed by atoms with Crippen molar-refractivity contribution in [1.82, 2.24) is 5.32 Å². The fourth-order valence-corrected chi connectivity index (χ4v) is 1.85. The van der Waals surface area contributed by atoms with E-state index in [1.54, 1.807) is 14.0 Å². The molecule has 1 amide bonds. The van der Waals surface area contributed by atoms with Crippen LogP contribution in [0, 0.1) is 5.92 Å². The lowest BCUT2D eigenvalue weighted by molar-refractivity contribution is -0.119. The van der Waals surface area contributed by atoms with Crippen LogP contribution in [0.3, 0.4) is 0 Å². The average molecular weight is 301 g/mol. The largest absolute Gasteiger partial charge is 0.496 e. The van der Waals surface area contributed by atoms with Crippen LogP contribution in [0.5, 0.6) is 5.75 Å².